The van der Waals surface area contributed by atoms with Gasteiger partial charge < -0.3 is 10.2 Å². The Labute approximate surface area is 158 Å². The van der Waals surface area contributed by atoms with Crippen molar-refractivity contribution in [1.82, 2.24) is 10.2 Å². The lowest BCUT2D eigenvalue weighted by atomic mass is 9.80. The molecule has 2 amide bonds. The van der Waals surface area contributed by atoms with Crippen molar-refractivity contribution in [1.29, 1.82) is 0 Å². The molecule has 26 heavy (non-hydrogen) atoms. The number of unbranched alkanes of at least 4 members (excludes halogenated alkanes) is 1. The van der Waals surface area contributed by atoms with E-state index in [1.54, 1.807) is 0 Å². The SMILES string of the molecule is CCCCNC(=O)N1c2cccc(C3CCN(C)CC3)c2CCC1(C)C. The fourth-order valence-electron chi connectivity index (χ4n) is 4.48. The number of benzene rings is 1. The van der Waals surface area contributed by atoms with Crippen LogP contribution in [-0.4, -0.2) is 43.2 Å². The number of nitrogens with one attached hydrogen (secondary N) is 1. The first-order valence-corrected chi connectivity index (χ1v) is 10.3. The molecule has 3 rings (SSSR count). The number of rotatable bonds is 4. The van der Waals surface area contributed by atoms with E-state index >= 15 is 0 Å². The first kappa shape index (κ1) is 19.2. The van der Waals surface area contributed by atoms with Gasteiger partial charge in [-0.2, -0.15) is 0 Å². The molecule has 4 heteroatoms. The second kappa shape index (κ2) is 7.99. The average molecular weight is 358 g/mol. The summed E-state index contributed by atoms with van der Waals surface area (Å²) in [5.74, 6) is 0.632. The number of urea groups is 1. The van der Waals surface area contributed by atoms with Gasteiger partial charge in [-0.1, -0.05) is 25.5 Å². The van der Waals surface area contributed by atoms with Crippen molar-refractivity contribution in [2.24, 2.45) is 0 Å². The number of anilines is 1. The number of nitrogens with zero attached hydrogens (tertiary/aromatic N) is 2. The van der Waals surface area contributed by atoms with Crippen LogP contribution in [0.4, 0.5) is 10.5 Å². The Balaban J connectivity index is 1.89. The minimum Gasteiger partial charge on any atom is -0.338 e. The van der Waals surface area contributed by atoms with Crippen LogP contribution in [0.15, 0.2) is 18.2 Å². The lowest BCUT2D eigenvalue weighted by Crippen LogP contribution is -2.55. The fourth-order valence-corrected chi connectivity index (χ4v) is 4.48. The molecule has 1 N–H and O–H groups in total. The number of hydrogen-bond acceptors (Lipinski definition) is 2. The van der Waals surface area contributed by atoms with Gasteiger partial charge in [0.25, 0.3) is 0 Å². The maximum absolute atomic E-state index is 13.0. The van der Waals surface area contributed by atoms with Crippen molar-refractivity contribution in [2.45, 2.75) is 70.8 Å². The van der Waals surface area contributed by atoms with E-state index in [-0.39, 0.29) is 11.6 Å². The second-order valence-electron chi connectivity index (χ2n) is 8.66. The van der Waals surface area contributed by atoms with Gasteiger partial charge in [0.2, 0.25) is 0 Å². The van der Waals surface area contributed by atoms with Gasteiger partial charge >= 0.3 is 6.03 Å². The third kappa shape index (κ3) is 3.90. The van der Waals surface area contributed by atoms with Crippen molar-refractivity contribution in [2.75, 3.05) is 31.6 Å². The van der Waals surface area contributed by atoms with Crippen LogP contribution >= 0.6 is 0 Å². The summed E-state index contributed by atoms with van der Waals surface area (Å²) in [6.45, 7) is 9.63. The van der Waals surface area contributed by atoms with Crippen LogP contribution in [0.5, 0.6) is 0 Å². The van der Waals surface area contributed by atoms with E-state index in [2.05, 4.69) is 56.2 Å². The van der Waals surface area contributed by atoms with E-state index in [4.69, 9.17) is 0 Å². The predicted octanol–water partition coefficient (Wildman–Crippen LogP) is 4.54. The minimum absolute atomic E-state index is 0.0601. The number of carbonyl (C=O) groups is 1. The van der Waals surface area contributed by atoms with E-state index in [1.807, 2.05) is 4.90 Å². The lowest BCUT2D eigenvalue weighted by molar-refractivity contribution is 0.237. The topological polar surface area (TPSA) is 35.6 Å². The Bertz CT molecular complexity index is 632. The first-order chi connectivity index (χ1) is 12.4. The largest absolute Gasteiger partial charge is 0.338 e. The summed E-state index contributed by atoms with van der Waals surface area (Å²) in [4.78, 5) is 17.4. The Morgan fingerprint density at radius 1 is 1.27 bits per heavy atom. The van der Waals surface area contributed by atoms with E-state index in [9.17, 15) is 4.79 Å². The second-order valence-corrected chi connectivity index (χ2v) is 8.66. The molecule has 4 nitrogen and oxygen atoms in total. The molecule has 0 unspecified atom stereocenters. The van der Waals surface area contributed by atoms with Gasteiger partial charge in [0.1, 0.15) is 0 Å². The molecule has 1 aromatic rings. The summed E-state index contributed by atoms with van der Waals surface area (Å²) in [6.07, 6.45) is 6.66. The molecule has 2 aliphatic rings. The highest BCUT2D eigenvalue weighted by atomic mass is 16.2. The standard InChI is InChI=1S/C22H35N3O/c1-5-6-14-23-21(26)25-20-9-7-8-18(17-11-15-24(4)16-12-17)19(20)10-13-22(25,2)3/h7-9,17H,5-6,10-16H2,1-4H3,(H,23,26). The molecular formula is C22H35N3O. The number of fused-ring (bicyclic) bond motifs is 1. The summed E-state index contributed by atoms with van der Waals surface area (Å²) >= 11 is 0. The molecule has 1 fully saturated rings. The van der Waals surface area contributed by atoms with E-state index in [1.165, 1.54) is 37.1 Å². The molecule has 0 saturated carbocycles. The van der Waals surface area contributed by atoms with Gasteiger partial charge in [-0.15, -0.1) is 0 Å². The molecule has 0 aromatic heterocycles. The van der Waals surface area contributed by atoms with Crippen LogP contribution in [0, 0.1) is 0 Å². The van der Waals surface area contributed by atoms with Gasteiger partial charge in [0.15, 0.2) is 0 Å². The number of hydrogen-bond donors (Lipinski definition) is 1. The average Bonchev–Trinajstić information content (AvgIpc) is 2.61. The zero-order valence-corrected chi connectivity index (χ0v) is 17.0. The third-order valence-electron chi connectivity index (χ3n) is 6.19. The van der Waals surface area contributed by atoms with E-state index in [0.717, 1.165) is 37.9 Å². The summed E-state index contributed by atoms with van der Waals surface area (Å²) in [5, 5.41) is 3.13. The summed E-state index contributed by atoms with van der Waals surface area (Å²) < 4.78 is 0. The molecule has 144 valence electrons. The summed E-state index contributed by atoms with van der Waals surface area (Å²) in [6, 6.07) is 6.67. The molecule has 2 heterocycles. The monoisotopic (exact) mass is 357 g/mol. The minimum atomic E-state index is -0.144. The zero-order chi connectivity index (χ0) is 18.7. The highest BCUT2D eigenvalue weighted by molar-refractivity contribution is 5.95. The van der Waals surface area contributed by atoms with Crippen molar-refractivity contribution in [3.63, 3.8) is 0 Å². The van der Waals surface area contributed by atoms with Crippen LogP contribution in [0.3, 0.4) is 0 Å². The Kier molecular flexibility index (Phi) is 5.91. The van der Waals surface area contributed by atoms with Gasteiger partial charge in [-0.3, -0.25) is 4.90 Å². The van der Waals surface area contributed by atoms with Crippen molar-refractivity contribution in [3.05, 3.63) is 29.3 Å². The maximum Gasteiger partial charge on any atom is 0.322 e. The van der Waals surface area contributed by atoms with Crippen LogP contribution in [0.2, 0.25) is 0 Å². The third-order valence-corrected chi connectivity index (χ3v) is 6.19. The molecular weight excluding hydrogens is 322 g/mol. The zero-order valence-electron chi connectivity index (χ0n) is 17.0. The Morgan fingerprint density at radius 3 is 2.69 bits per heavy atom. The quantitative estimate of drug-likeness (QED) is 0.803. The lowest BCUT2D eigenvalue weighted by Gasteiger charge is -2.44. The molecule has 1 saturated heterocycles. The van der Waals surface area contributed by atoms with Crippen molar-refractivity contribution < 1.29 is 4.79 Å². The van der Waals surface area contributed by atoms with Gasteiger partial charge in [-0.05, 0) is 89.2 Å². The molecule has 0 aliphatic carbocycles. The number of piperidine rings is 1. The van der Waals surface area contributed by atoms with E-state index < -0.39 is 0 Å². The van der Waals surface area contributed by atoms with Crippen LogP contribution in [0.25, 0.3) is 0 Å². The fraction of sp³-hybridized carbons (Fsp3) is 0.682. The summed E-state index contributed by atoms with van der Waals surface area (Å²) in [7, 11) is 2.21. The number of carbonyl (C=O) groups excluding carboxylic acids is 1. The Hall–Kier alpha value is -1.55. The molecule has 0 bridgehead atoms. The predicted molar refractivity (Wildman–Crippen MR) is 109 cm³/mol. The maximum atomic E-state index is 13.0. The molecule has 0 spiro atoms. The highest BCUT2D eigenvalue weighted by Crippen LogP contribution is 2.42. The normalized spacial score (nSPS) is 20.7. The van der Waals surface area contributed by atoms with Gasteiger partial charge in [0, 0.05) is 17.8 Å². The summed E-state index contributed by atoms with van der Waals surface area (Å²) in [5.41, 5.74) is 3.88. The first-order valence-electron chi connectivity index (χ1n) is 10.3. The smallest absolute Gasteiger partial charge is 0.322 e. The van der Waals surface area contributed by atoms with Gasteiger partial charge in [-0.25, -0.2) is 4.79 Å². The van der Waals surface area contributed by atoms with Crippen molar-refractivity contribution in [3.8, 4) is 0 Å². The van der Waals surface area contributed by atoms with Crippen LogP contribution in [0.1, 0.15) is 69.9 Å². The number of likely N-dealkylation sites (tertiary alicyclic amines) is 1. The van der Waals surface area contributed by atoms with E-state index in [0.29, 0.717) is 5.92 Å². The molecule has 1 aromatic carbocycles. The van der Waals surface area contributed by atoms with Crippen molar-refractivity contribution >= 4 is 11.7 Å². The number of amides is 2. The molecule has 0 radical (unpaired) electrons. The Morgan fingerprint density at radius 2 is 2.00 bits per heavy atom. The van der Waals surface area contributed by atoms with Gasteiger partial charge in [0.05, 0.1) is 0 Å². The molecule has 2 aliphatic heterocycles. The van der Waals surface area contributed by atoms with Crippen LogP contribution in [-0.2, 0) is 6.42 Å². The molecule has 0 atom stereocenters. The highest BCUT2D eigenvalue weighted by Gasteiger charge is 2.38. The van der Waals surface area contributed by atoms with Crippen LogP contribution < -0.4 is 10.2 Å².